The third kappa shape index (κ3) is 4.24. The molecule has 0 aliphatic rings. The van der Waals surface area contributed by atoms with Crippen molar-refractivity contribution in [3.05, 3.63) is 53.9 Å². The zero-order chi connectivity index (χ0) is 14.2. The molecule has 0 radical (unpaired) electrons. The molecule has 0 saturated heterocycles. The highest BCUT2D eigenvalue weighted by Crippen LogP contribution is 2.13. The van der Waals surface area contributed by atoms with Crippen molar-refractivity contribution in [3.8, 4) is 5.75 Å². The van der Waals surface area contributed by atoms with Gasteiger partial charge in [0.05, 0.1) is 26.0 Å². The highest BCUT2D eigenvalue weighted by atomic mass is 16.5. The summed E-state index contributed by atoms with van der Waals surface area (Å²) in [6.07, 6.45) is 1.80. The molecule has 0 fully saturated rings. The second-order valence-corrected chi connectivity index (χ2v) is 4.41. The van der Waals surface area contributed by atoms with Crippen LogP contribution in [0.1, 0.15) is 18.2 Å². The lowest BCUT2D eigenvalue weighted by Crippen LogP contribution is -2.00. The molecule has 20 heavy (non-hydrogen) atoms. The fourth-order valence-electron chi connectivity index (χ4n) is 1.87. The van der Waals surface area contributed by atoms with Gasteiger partial charge in [-0.25, -0.2) is 0 Å². The third-order valence-electron chi connectivity index (χ3n) is 2.88. The Balaban J connectivity index is 1.84. The monoisotopic (exact) mass is 272 g/mol. The molecule has 0 atom stereocenters. The highest BCUT2D eigenvalue weighted by Gasteiger charge is 1.99. The second-order valence-electron chi connectivity index (χ2n) is 4.41. The molecule has 0 aliphatic heterocycles. The Morgan fingerprint density at radius 2 is 1.90 bits per heavy atom. The molecule has 0 spiro atoms. The van der Waals surface area contributed by atoms with Crippen LogP contribution in [0.15, 0.2) is 42.6 Å². The Bertz CT molecular complexity index is 526. The Morgan fingerprint density at radius 3 is 2.60 bits per heavy atom. The van der Waals surface area contributed by atoms with Crippen molar-refractivity contribution in [1.82, 2.24) is 4.98 Å². The van der Waals surface area contributed by atoms with Crippen LogP contribution in [0.5, 0.6) is 5.75 Å². The topological polar surface area (TPSA) is 43.4 Å². The van der Waals surface area contributed by atoms with Gasteiger partial charge in [0.2, 0.25) is 0 Å². The summed E-state index contributed by atoms with van der Waals surface area (Å²) in [6, 6.07) is 11.8. The van der Waals surface area contributed by atoms with E-state index in [1.54, 1.807) is 13.3 Å². The number of nitrogens with zero attached hydrogens (tertiary/aromatic N) is 1. The number of anilines is 1. The summed E-state index contributed by atoms with van der Waals surface area (Å²) in [5, 5.41) is 3.26. The fourth-order valence-corrected chi connectivity index (χ4v) is 1.87. The number of nitrogens with one attached hydrogen (secondary N) is 1. The molecule has 106 valence electrons. The predicted molar refractivity (Wildman–Crippen MR) is 79.9 cm³/mol. The van der Waals surface area contributed by atoms with E-state index in [2.05, 4.69) is 17.2 Å². The van der Waals surface area contributed by atoms with Gasteiger partial charge in [-0.2, -0.15) is 0 Å². The SMILES string of the molecule is CCNc1ccnc(COCc2ccc(OC)cc2)c1. The lowest BCUT2D eigenvalue weighted by molar-refractivity contribution is 0.104. The normalized spacial score (nSPS) is 10.3. The van der Waals surface area contributed by atoms with Gasteiger partial charge in [-0.05, 0) is 36.8 Å². The lowest BCUT2D eigenvalue weighted by Gasteiger charge is -2.07. The molecular weight excluding hydrogens is 252 g/mol. The van der Waals surface area contributed by atoms with Crippen LogP contribution in [-0.2, 0) is 18.0 Å². The average Bonchev–Trinajstić information content (AvgIpc) is 2.49. The van der Waals surface area contributed by atoms with Gasteiger partial charge in [0.25, 0.3) is 0 Å². The predicted octanol–water partition coefficient (Wildman–Crippen LogP) is 3.24. The van der Waals surface area contributed by atoms with Gasteiger partial charge in [-0.1, -0.05) is 12.1 Å². The fraction of sp³-hybridized carbons (Fsp3) is 0.312. The molecule has 0 amide bonds. The number of benzene rings is 1. The number of aromatic nitrogens is 1. The quantitative estimate of drug-likeness (QED) is 0.840. The number of ether oxygens (including phenoxy) is 2. The number of methoxy groups -OCH3 is 1. The van der Waals surface area contributed by atoms with Gasteiger partial charge >= 0.3 is 0 Å². The summed E-state index contributed by atoms with van der Waals surface area (Å²) in [5.41, 5.74) is 3.12. The van der Waals surface area contributed by atoms with E-state index >= 15 is 0 Å². The van der Waals surface area contributed by atoms with Crippen molar-refractivity contribution < 1.29 is 9.47 Å². The minimum Gasteiger partial charge on any atom is -0.497 e. The van der Waals surface area contributed by atoms with E-state index in [1.165, 1.54) is 0 Å². The molecule has 1 aromatic carbocycles. The maximum Gasteiger partial charge on any atom is 0.118 e. The summed E-state index contributed by atoms with van der Waals surface area (Å²) in [6.45, 7) is 4.04. The first-order valence-corrected chi connectivity index (χ1v) is 6.71. The number of hydrogen-bond donors (Lipinski definition) is 1. The zero-order valence-corrected chi connectivity index (χ0v) is 11.9. The molecule has 2 aromatic rings. The van der Waals surface area contributed by atoms with Gasteiger partial charge in [0.15, 0.2) is 0 Å². The van der Waals surface area contributed by atoms with Crippen molar-refractivity contribution in [2.75, 3.05) is 19.0 Å². The van der Waals surface area contributed by atoms with Gasteiger partial charge in [0.1, 0.15) is 5.75 Å². The molecule has 4 nitrogen and oxygen atoms in total. The highest BCUT2D eigenvalue weighted by molar-refractivity contribution is 5.42. The second kappa shape index (κ2) is 7.50. The first-order valence-electron chi connectivity index (χ1n) is 6.71. The summed E-state index contributed by atoms with van der Waals surface area (Å²) >= 11 is 0. The molecule has 1 aromatic heterocycles. The molecule has 1 N–H and O–H groups in total. The van der Waals surface area contributed by atoms with E-state index in [-0.39, 0.29) is 0 Å². The summed E-state index contributed by atoms with van der Waals surface area (Å²) in [7, 11) is 1.66. The van der Waals surface area contributed by atoms with E-state index < -0.39 is 0 Å². The summed E-state index contributed by atoms with van der Waals surface area (Å²) in [5.74, 6) is 0.855. The van der Waals surface area contributed by atoms with Crippen LogP contribution < -0.4 is 10.1 Å². The summed E-state index contributed by atoms with van der Waals surface area (Å²) < 4.78 is 10.8. The summed E-state index contributed by atoms with van der Waals surface area (Å²) in [4.78, 5) is 4.30. The van der Waals surface area contributed by atoms with Crippen molar-refractivity contribution in [2.24, 2.45) is 0 Å². The van der Waals surface area contributed by atoms with Gasteiger partial charge < -0.3 is 14.8 Å². The molecule has 2 rings (SSSR count). The first-order chi connectivity index (χ1) is 9.81. The first kappa shape index (κ1) is 14.3. The Morgan fingerprint density at radius 1 is 1.10 bits per heavy atom. The third-order valence-corrected chi connectivity index (χ3v) is 2.88. The smallest absolute Gasteiger partial charge is 0.118 e. The van der Waals surface area contributed by atoms with Crippen LogP contribution in [-0.4, -0.2) is 18.6 Å². The molecule has 0 saturated carbocycles. The maximum absolute atomic E-state index is 5.68. The van der Waals surface area contributed by atoms with Gasteiger partial charge in [0, 0.05) is 18.4 Å². The Hall–Kier alpha value is -2.07. The minimum absolute atomic E-state index is 0.505. The number of rotatable bonds is 7. The zero-order valence-electron chi connectivity index (χ0n) is 11.9. The Kier molecular flexibility index (Phi) is 5.38. The van der Waals surface area contributed by atoms with Gasteiger partial charge in [-0.15, -0.1) is 0 Å². The van der Waals surface area contributed by atoms with Crippen LogP contribution >= 0.6 is 0 Å². The van der Waals surface area contributed by atoms with Crippen molar-refractivity contribution >= 4 is 5.69 Å². The maximum atomic E-state index is 5.68. The van der Waals surface area contributed by atoms with Crippen LogP contribution in [0.3, 0.4) is 0 Å². The van der Waals surface area contributed by atoms with Crippen molar-refractivity contribution in [3.63, 3.8) is 0 Å². The van der Waals surface area contributed by atoms with Crippen LogP contribution in [0.2, 0.25) is 0 Å². The average molecular weight is 272 g/mol. The molecule has 0 unspecified atom stereocenters. The van der Waals surface area contributed by atoms with Crippen LogP contribution in [0.4, 0.5) is 5.69 Å². The molecular formula is C16H20N2O2. The largest absolute Gasteiger partial charge is 0.497 e. The van der Waals surface area contributed by atoms with Crippen molar-refractivity contribution in [2.45, 2.75) is 20.1 Å². The molecule has 0 bridgehead atoms. The number of hydrogen-bond acceptors (Lipinski definition) is 4. The van der Waals surface area contributed by atoms with Crippen LogP contribution in [0, 0.1) is 0 Å². The Labute approximate surface area is 119 Å². The van der Waals surface area contributed by atoms with E-state index in [1.807, 2.05) is 36.4 Å². The van der Waals surface area contributed by atoms with E-state index in [4.69, 9.17) is 9.47 Å². The molecule has 1 heterocycles. The minimum atomic E-state index is 0.505. The lowest BCUT2D eigenvalue weighted by atomic mass is 10.2. The van der Waals surface area contributed by atoms with Gasteiger partial charge in [-0.3, -0.25) is 4.98 Å². The van der Waals surface area contributed by atoms with Crippen LogP contribution in [0.25, 0.3) is 0 Å². The van der Waals surface area contributed by atoms with E-state index in [9.17, 15) is 0 Å². The van der Waals surface area contributed by atoms with E-state index in [0.29, 0.717) is 13.2 Å². The number of pyridine rings is 1. The molecule has 4 heteroatoms. The standard InChI is InChI=1S/C16H20N2O2/c1-3-17-14-8-9-18-15(10-14)12-20-11-13-4-6-16(19-2)7-5-13/h4-10H,3,11-12H2,1-2H3,(H,17,18). The van der Waals surface area contributed by atoms with E-state index in [0.717, 1.165) is 29.2 Å². The molecule has 0 aliphatic carbocycles. The van der Waals surface area contributed by atoms with Crippen molar-refractivity contribution in [1.29, 1.82) is 0 Å².